The van der Waals surface area contributed by atoms with Crippen LogP contribution in [0.15, 0.2) is 78.9 Å². The van der Waals surface area contributed by atoms with Crippen LogP contribution >= 0.6 is 0 Å². The summed E-state index contributed by atoms with van der Waals surface area (Å²) in [5.41, 5.74) is 7.73. The van der Waals surface area contributed by atoms with Crippen molar-refractivity contribution in [3.05, 3.63) is 84.4 Å². The van der Waals surface area contributed by atoms with Crippen LogP contribution in [0.1, 0.15) is 12.0 Å². The Morgan fingerprint density at radius 3 is 2.20 bits per heavy atom. The van der Waals surface area contributed by atoms with Crippen molar-refractivity contribution in [2.75, 3.05) is 13.2 Å². The summed E-state index contributed by atoms with van der Waals surface area (Å²) in [4.78, 5) is 23.9. The fraction of sp³-hybridized carbons (Fsp3) is 0.167. The number of nitrogens with one attached hydrogen (secondary N) is 2. The van der Waals surface area contributed by atoms with E-state index in [-0.39, 0.29) is 25.5 Å². The van der Waals surface area contributed by atoms with Gasteiger partial charge >= 0.3 is 0 Å². The van der Waals surface area contributed by atoms with Gasteiger partial charge in [0.05, 0.1) is 13.0 Å². The van der Waals surface area contributed by atoms with Gasteiger partial charge in [-0.15, -0.1) is 0 Å². The van der Waals surface area contributed by atoms with Gasteiger partial charge in [0.25, 0.3) is 5.91 Å². The van der Waals surface area contributed by atoms with Crippen molar-refractivity contribution in [3.63, 3.8) is 0 Å². The molecule has 30 heavy (non-hydrogen) atoms. The topological polar surface area (TPSA) is 76.7 Å². The van der Waals surface area contributed by atoms with E-state index in [9.17, 15) is 9.59 Å². The first-order valence-electron chi connectivity index (χ1n) is 9.66. The molecule has 154 valence electrons. The van der Waals surface area contributed by atoms with Crippen molar-refractivity contribution in [2.24, 2.45) is 0 Å². The lowest BCUT2D eigenvalue weighted by molar-refractivity contribution is -0.130. The zero-order valence-electron chi connectivity index (χ0n) is 16.8. The second kappa shape index (κ2) is 10.7. The Balaban J connectivity index is 1.40. The first kappa shape index (κ1) is 20.9. The van der Waals surface area contributed by atoms with Gasteiger partial charge in [0.15, 0.2) is 6.61 Å². The number of hydrazine groups is 1. The number of hydrogen-bond donors (Lipinski definition) is 2. The number of benzene rings is 3. The van der Waals surface area contributed by atoms with Crippen LogP contribution in [-0.2, 0) is 9.59 Å². The minimum Gasteiger partial charge on any atom is -0.493 e. The van der Waals surface area contributed by atoms with Gasteiger partial charge in [-0.3, -0.25) is 20.4 Å². The molecule has 0 fully saturated rings. The SMILES string of the molecule is Cc1ccc(OCCC(=O)NNC(=O)COc2ccccc2-c2ccccc2)cc1. The van der Waals surface area contributed by atoms with Crippen molar-refractivity contribution in [3.8, 4) is 22.6 Å². The highest BCUT2D eigenvalue weighted by Crippen LogP contribution is 2.29. The van der Waals surface area contributed by atoms with Crippen molar-refractivity contribution in [1.82, 2.24) is 10.9 Å². The van der Waals surface area contributed by atoms with Gasteiger partial charge in [0.1, 0.15) is 11.5 Å². The lowest BCUT2D eigenvalue weighted by atomic mass is 10.1. The normalized spacial score (nSPS) is 10.2. The zero-order valence-corrected chi connectivity index (χ0v) is 16.8. The predicted octanol–water partition coefficient (Wildman–Crippen LogP) is 3.66. The molecule has 0 aliphatic carbocycles. The number of hydrogen-bond acceptors (Lipinski definition) is 4. The molecular formula is C24H24N2O4. The third kappa shape index (κ3) is 6.38. The number of ether oxygens (including phenoxy) is 2. The van der Waals surface area contributed by atoms with Gasteiger partial charge in [-0.1, -0.05) is 66.2 Å². The first-order valence-corrected chi connectivity index (χ1v) is 9.66. The van der Waals surface area contributed by atoms with Crippen molar-refractivity contribution >= 4 is 11.8 Å². The summed E-state index contributed by atoms with van der Waals surface area (Å²) in [5, 5.41) is 0. The highest BCUT2D eigenvalue weighted by molar-refractivity contribution is 5.83. The summed E-state index contributed by atoms with van der Waals surface area (Å²) < 4.78 is 11.1. The van der Waals surface area contributed by atoms with E-state index in [4.69, 9.17) is 9.47 Å². The third-order valence-corrected chi connectivity index (χ3v) is 4.29. The Hall–Kier alpha value is -3.80. The lowest BCUT2D eigenvalue weighted by Gasteiger charge is -2.12. The molecule has 0 aromatic heterocycles. The predicted molar refractivity (Wildman–Crippen MR) is 115 cm³/mol. The highest BCUT2D eigenvalue weighted by atomic mass is 16.5. The molecule has 0 saturated carbocycles. The molecule has 0 spiro atoms. The van der Waals surface area contributed by atoms with Crippen LogP contribution in [0.2, 0.25) is 0 Å². The van der Waals surface area contributed by atoms with Gasteiger partial charge in [-0.05, 0) is 30.7 Å². The molecule has 3 aromatic carbocycles. The number of carbonyl (C=O) groups excluding carboxylic acids is 2. The number of carbonyl (C=O) groups is 2. The molecule has 6 heteroatoms. The fourth-order valence-corrected chi connectivity index (χ4v) is 2.73. The molecule has 6 nitrogen and oxygen atoms in total. The Bertz CT molecular complexity index is 972. The molecule has 0 radical (unpaired) electrons. The Morgan fingerprint density at radius 2 is 1.43 bits per heavy atom. The van der Waals surface area contributed by atoms with E-state index < -0.39 is 5.91 Å². The summed E-state index contributed by atoms with van der Waals surface area (Å²) in [7, 11) is 0. The lowest BCUT2D eigenvalue weighted by Crippen LogP contribution is -2.44. The number of rotatable bonds is 8. The molecule has 2 amide bonds. The molecule has 0 bridgehead atoms. The van der Waals surface area contributed by atoms with E-state index in [1.807, 2.05) is 79.7 Å². The van der Waals surface area contributed by atoms with Crippen LogP contribution in [0.5, 0.6) is 11.5 Å². The van der Waals surface area contributed by atoms with Crippen LogP contribution in [0.25, 0.3) is 11.1 Å². The zero-order chi connectivity index (χ0) is 21.2. The maximum atomic E-state index is 12.0. The van der Waals surface area contributed by atoms with E-state index in [1.165, 1.54) is 0 Å². The number of para-hydroxylation sites is 1. The van der Waals surface area contributed by atoms with E-state index in [2.05, 4.69) is 10.9 Å². The molecule has 0 heterocycles. The van der Waals surface area contributed by atoms with Crippen molar-refractivity contribution in [2.45, 2.75) is 13.3 Å². The molecule has 0 atom stereocenters. The summed E-state index contributed by atoms with van der Waals surface area (Å²) in [6.45, 7) is 1.99. The second-order valence-corrected chi connectivity index (χ2v) is 6.66. The van der Waals surface area contributed by atoms with Gasteiger partial charge in [0.2, 0.25) is 5.91 Å². The van der Waals surface area contributed by atoms with Gasteiger partial charge in [0, 0.05) is 5.56 Å². The van der Waals surface area contributed by atoms with E-state index >= 15 is 0 Å². The fourth-order valence-electron chi connectivity index (χ4n) is 2.73. The first-order chi connectivity index (χ1) is 14.6. The standard InChI is InChI=1S/C24H24N2O4/c1-18-11-13-20(14-12-18)29-16-15-23(27)25-26-24(28)17-30-22-10-6-5-9-21(22)19-7-3-2-4-8-19/h2-14H,15-17H2,1H3,(H,25,27)(H,26,28). The molecule has 2 N–H and O–H groups in total. The molecule has 3 aromatic rings. The Kier molecular flexibility index (Phi) is 7.44. The van der Waals surface area contributed by atoms with E-state index in [0.717, 1.165) is 16.7 Å². The average molecular weight is 404 g/mol. The van der Waals surface area contributed by atoms with E-state index in [1.54, 1.807) is 6.07 Å². The third-order valence-electron chi connectivity index (χ3n) is 4.29. The minimum absolute atomic E-state index is 0.117. The average Bonchev–Trinajstić information content (AvgIpc) is 2.78. The van der Waals surface area contributed by atoms with Crippen LogP contribution in [0.4, 0.5) is 0 Å². The maximum Gasteiger partial charge on any atom is 0.276 e. The van der Waals surface area contributed by atoms with Gasteiger partial charge < -0.3 is 9.47 Å². The van der Waals surface area contributed by atoms with Crippen LogP contribution < -0.4 is 20.3 Å². The van der Waals surface area contributed by atoms with Gasteiger partial charge in [-0.2, -0.15) is 0 Å². The van der Waals surface area contributed by atoms with Crippen molar-refractivity contribution < 1.29 is 19.1 Å². The number of aryl methyl sites for hydroxylation is 1. The number of amides is 2. The smallest absolute Gasteiger partial charge is 0.276 e. The van der Waals surface area contributed by atoms with Gasteiger partial charge in [-0.25, -0.2) is 0 Å². The van der Waals surface area contributed by atoms with Crippen LogP contribution in [0.3, 0.4) is 0 Å². The maximum absolute atomic E-state index is 12.0. The second-order valence-electron chi connectivity index (χ2n) is 6.66. The summed E-state index contributed by atoms with van der Waals surface area (Å²) >= 11 is 0. The quantitative estimate of drug-likeness (QED) is 0.562. The minimum atomic E-state index is -0.453. The van der Waals surface area contributed by atoms with Crippen LogP contribution in [0, 0.1) is 6.92 Å². The summed E-state index contributed by atoms with van der Waals surface area (Å²) in [5.74, 6) is 0.491. The molecule has 3 rings (SSSR count). The Morgan fingerprint density at radius 1 is 0.767 bits per heavy atom. The molecule has 0 aliphatic heterocycles. The summed E-state index contributed by atoms with van der Waals surface area (Å²) in [6, 6.07) is 24.8. The molecule has 0 unspecified atom stereocenters. The molecular weight excluding hydrogens is 380 g/mol. The van der Waals surface area contributed by atoms with Crippen molar-refractivity contribution in [1.29, 1.82) is 0 Å². The van der Waals surface area contributed by atoms with E-state index in [0.29, 0.717) is 11.5 Å². The van der Waals surface area contributed by atoms with Crippen LogP contribution in [-0.4, -0.2) is 25.0 Å². The Labute approximate surface area is 175 Å². The summed E-state index contributed by atoms with van der Waals surface area (Å²) in [6.07, 6.45) is 0.117. The molecule has 0 aliphatic rings. The largest absolute Gasteiger partial charge is 0.493 e. The monoisotopic (exact) mass is 404 g/mol. The molecule has 0 saturated heterocycles. The highest BCUT2D eigenvalue weighted by Gasteiger charge is 2.09.